The Bertz CT molecular complexity index is 554. The number of nitrogens with one attached hydrogen (secondary N) is 2. The van der Waals surface area contributed by atoms with Gasteiger partial charge in [-0.15, -0.1) is 0 Å². The van der Waals surface area contributed by atoms with Gasteiger partial charge in [-0.2, -0.15) is 0 Å². The molecule has 5 nitrogen and oxygen atoms in total. The van der Waals surface area contributed by atoms with Gasteiger partial charge in [0.2, 0.25) is 0 Å². The number of hydrogen-bond donors (Lipinski definition) is 3. The quantitative estimate of drug-likeness (QED) is 0.583. The molecular formula is C13H15ClF2N2O3. The third-order valence-electron chi connectivity index (χ3n) is 2.96. The number of hydrogen-bond acceptors (Lipinski definition) is 3. The lowest BCUT2D eigenvalue weighted by molar-refractivity contribution is -0.136. The third-order valence-corrected chi connectivity index (χ3v) is 3.28. The fraction of sp³-hybridized carbons (Fsp3) is 0.385. The molecule has 2 amide bonds. The average molecular weight is 321 g/mol. The van der Waals surface area contributed by atoms with Gasteiger partial charge in [0.15, 0.2) is 11.6 Å². The van der Waals surface area contributed by atoms with E-state index in [0.29, 0.717) is 12.1 Å². The smallest absolute Gasteiger partial charge is 0.313 e. The molecule has 0 saturated heterocycles. The van der Waals surface area contributed by atoms with Gasteiger partial charge >= 0.3 is 11.8 Å². The Balaban J connectivity index is 2.73. The highest BCUT2D eigenvalue weighted by Crippen LogP contribution is 2.24. The Morgan fingerprint density at radius 3 is 2.38 bits per heavy atom. The zero-order chi connectivity index (χ0) is 16.2. The van der Waals surface area contributed by atoms with Crippen molar-refractivity contribution in [2.45, 2.75) is 19.9 Å². The second-order valence-electron chi connectivity index (χ2n) is 4.62. The molecule has 0 aliphatic carbocycles. The largest absolute Gasteiger partial charge is 0.396 e. The van der Waals surface area contributed by atoms with Crippen molar-refractivity contribution in [1.29, 1.82) is 0 Å². The first-order valence-corrected chi connectivity index (χ1v) is 6.51. The van der Waals surface area contributed by atoms with Crippen LogP contribution in [0.1, 0.15) is 13.8 Å². The molecule has 0 bridgehead atoms. The Morgan fingerprint density at radius 2 is 1.81 bits per heavy atom. The van der Waals surface area contributed by atoms with Crippen molar-refractivity contribution in [3.63, 3.8) is 0 Å². The molecule has 0 aliphatic rings. The summed E-state index contributed by atoms with van der Waals surface area (Å²) in [5.74, 6) is -4.64. The Hall–Kier alpha value is -1.73. The van der Waals surface area contributed by atoms with Crippen molar-refractivity contribution in [2.24, 2.45) is 5.92 Å². The normalized spacial score (nSPS) is 13.4. The van der Waals surface area contributed by atoms with Crippen molar-refractivity contribution >= 4 is 29.1 Å². The van der Waals surface area contributed by atoms with E-state index in [9.17, 15) is 18.4 Å². The van der Waals surface area contributed by atoms with E-state index < -0.39 is 29.5 Å². The van der Waals surface area contributed by atoms with Crippen molar-refractivity contribution < 1.29 is 23.5 Å². The van der Waals surface area contributed by atoms with Crippen LogP contribution in [0.2, 0.25) is 5.02 Å². The van der Waals surface area contributed by atoms with Crippen LogP contribution in [0.15, 0.2) is 12.1 Å². The van der Waals surface area contributed by atoms with Crippen LogP contribution in [-0.4, -0.2) is 29.6 Å². The topological polar surface area (TPSA) is 78.4 Å². The minimum absolute atomic E-state index is 0.155. The number of amides is 2. The van der Waals surface area contributed by atoms with Gasteiger partial charge in [-0.3, -0.25) is 9.59 Å². The van der Waals surface area contributed by atoms with Crippen LogP contribution in [0, 0.1) is 17.6 Å². The molecule has 3 N–H and O–H groups in total. The van der Waals surface area contributed by atoms with E-state index >= 15 is 0 Å². The number of benzene rings is 1. The summed E-state index contributed by atoms with van der Waals surface area (Å²) >= 11 is 5.64. The van der Waals surface area contributed by atoms with Crippen molar-refractivity contribution in [3.05, 3.63) is 28.8 Å². The number of halogens is 3. The van der Waals surface area contributed by atoms with Crippen LogP contribution >= 0.6 is 11.6 Å². The van der Waals surface area contributed by atoms with Crippen LogP contribution in [-0.2, 0) is 9.59 Å². The van der Waals surface area contributed by atoms with Gasteiger partial charge in [-0.05, 0) is 18.9 Å². The van der Waals surface area contributed by atoms with E-state index in [1.165, 1.54) is 0 Å². The number of aliphatic hydroxyl groups excluding tert-OH is 1. The lowest BCUT2D eigenvalue weighted by Gasteiger charge is -2.18. The molecule has 0 aliphatic heterocycles. The highest BCUT2D eigenvalue weighted by atomic mass is 35.5. The lowest BCUT2D eigenvalue weighted by atomic mass is 10.1. The van der Waals surface area contributed by atoms with Crippen LogP contribution in [0.5, 0.6) is 0 Å². The number of aliphatic hydroxyl groups is 1. The van der Waals surface area contributed by atoms with Gasteiger partial charge in [-0.1, -0.05) is 18.5 Å². The first-order chi connectivity index (χ1) is 9.76. The molecule has 0 heterocycles. The van der Waals surface area contributed by atoms with E-state index in [2.05, 4.69) is 10.6 Å². The second-order valence-corrected chi connectivity index (χ2v) is 5.03. The molecule has 0 saturated carbocycles. The highest BCUT2D eigenvalue weighted by molar-refractivity contribution is 6.41. The van der Waals surface area contributed by atoms with Crippen molar-refractivity contribution in [3.8, 4) is 0 Å². The molecule has 116 valence electrons. The van der Waals surface area contributed by atoms with Gasteiger partial charge < -0.3 is 15.7 Å². The first kappa shape index (κ1) is 17.3. The number of rotatable bonds is 4. The number of anilines is 1. The van der Waals surface area contributed by atoms with Gasteiger partial charge in [0.05, 0.1) is 10.7 Å². The van der Waals surface area contributed by atoms with Gasteiger partial charge in [0, 0.05) is 18.7 Å². The maximum absolute atomic E-state index is 13.1. The average Bonchev–Trinajstić information content (AvgIpc) is 2.43. The molecule has 1 aromatic carbocycles. The molecule has 8 heteroatoms. The van der Waals surface area contributed by atoms with E-state index in [0.717, 1.165) is 0 Å². The molecule has 2 atom stereocenters. The van der Waals surface area contributed by atoms with Crippen LogP contribution in [0.25, 0.3) is 0 Å². The molecule has 2 unspecified atom stereocenters. The molecule has 0 aromatic heterocycles. The molecule has 0 spiro atoms. The predicted molar refractivity (Wildman–Crippen MR) is 73.9 cm³/mol. The maximum Gasteiger partial charge on any atom is 0.313 e. The zero-order valence-electron chi connectivity index (χ0n) is 11.4. The Labute approximate surface area is 125 Å². The van der Waals surface area contributed by atoms with E-state index in [1.807, 2.05) is 0 Å². The van der Waals surface area contributed by atoms with Gasteiger partial charge in [0.25, 0.3) is 0 Å². The van der Waals surface area contributed by atoms with Gasteiger partial charge in [0.1, 0.15) is 0 Å². The maximum atomic E-state index is 13.1. The van der Waals surface area contributed by atoms with E-state index in [-0.39, 0.29) is 23.2 Å². The summed E-state index contributed by atoms with van der Waals surface area (Å²) in [7, 11) is 0. The first-order valence-electron chi connectivity index (χ1n) is 6.13. The summed E-state index contributed by atoms with van der Waals surface area (Å²) in [5, 5.41) is 13.2. The fourth-order valence-corrected chi connectivity index (χ4v) is 1.57. The Morgan fingerprint density at radius 1 is 1.24 bits per heavy atom. The minimum Gasteiger partial charge on any atom is -0.396 e. The summed E-state index contributed by atoms with van der Waals surface area (Å²) < 4.78 is 25.9. The SMILES string of the molecule is CC(CO)C(C)NC(=O)C(=O)Nc1cc(F)c(F)cc1Cl. The summed E-state index contributed by atoms with van der Waals surface area (Å²) in [6.07, 6.45) is 0. The van der Waals surface area contributed by atoms with E-state index in [1.54, 1.807) is 13.8 Å². The minimum atomic E-state index is -1.20. The number of carbonyl (C=O) groups is 2. The number of carbonyl (C=O) groups excluding carboxylic acids is 2. The highest BCUT2D eigenvalue weighted by Gasteiger charge is 2.20. The van der Waals surface area contributed by atoms with Crippen molar-refractivity contribution in [2.75, 3.05) is 11.9 Å². The fourth-order valence-electron chi connectivity index (χ4n) is 1.37. The summed E-state index contributed by atoms with van der Waals surface area (Å²) in [4.78, 5) is 23.3. The summed E-state index contributed by atoms with van der Waals surface area (Å²) in [6, 6.07) is 0.942. The predicted octanol–water partition coefficient (Wildman–Crippen LogP) is 1.69. The molecule has 1 rings (SSSR count). The van der Waals surface area contributed by atoms with Crippen LogP contribution < -0.4 is 10.6 Å². The summed E-state index contributed by atoms with van der Waals surface area (Å²) in [6.45, 7) is 3.16. The standard InChI is InChI=1S/C13H15ClF2N2O3/c1-6(5-19)7(2)17-12(20)13(21)18-11-4-10(16)9(15)3-8(11)14/h3-4,6-7,19H,5H2,1-2H3,(H,17,20)(H,18,21). The van der Waals surface area contributed by atoms with Crippen LogP contribution in [0.3, 0.4) is 0 Å². The Kier molecular flexibility index (Phi) is 6.04. The van der Waals surface area contributed by atoms with Gasteiger partial charge in [-0.25, -0.2) is 8.78 Å². The molecule has 0 radical (unpaired) electrons. The second kappa shape index (κ2) is 7.33. The van der Waals surface area contributed by atoms with Crippen molar-refractivity contribution in [1.82, 2.24) is 5.32 Å². The van der Waals surface area contributed by atoms with E-state index in [4.69, 9.17) is 16.7 Å². The zero-order valence-corrected chi connectivity index (χ0v) is 12.2. The molecule has 21 heavy (non-hydrogen) atoms. The summed E-state index contributed by atoms with van der Waals surface area (Å²) in [5.41, 5.74) is -0.210. The molecule has 0 fully saturated rings. The third kappa shape index (κ3) is 4.64. The monoisotopic (exact) mass is 320 g/mol. The molecular weight excluding hydrogens is 306 g/mol. The lowest BCUT2D eigenvalue weighted by Crippen LogP contribution is -2.44. The van der Waals surface area contributed by atoms with Crippen LogP contribution in [0.4, 0.5) is 14.5 Å². The molecule has 1 aromatic rings.